The first kappa shape index (κ1) is 22.5. The van der Waals surface area contributed by atoms with Crippen LogP contribution < -0.4 is 5.32 Å². The second kappa shape index (κ2) is 10.7. The van der Waals surface area contributed by atoms with Crippen LogP contribution in [0.25, 0.3) is 0 Å². The van der Waals surface area contributed by atoms with E-state index < -0.39 is 34.7 Å². The Bertz CT molecular complexity index is 897. The van der Waals surface area contributed by atoms with E-state index in [0.717, 1.165) is 0 Å². The van der Waals surface area contributed by atoms with Crippen molar-refractivity contribution in [2.45, 2.75) is 19.9 Å². The van der Waals surface area contributed by atoms with E-state index in [4.69, 9.17) is 9.47 Å². The normalized spacial score (nSPS) is 11.4. The summed E-state index contributed by atoms with van der Waals surface area (Å²) < 4.78 is 10.0. The van der Waals surface area contributed by atoms with E-state index in [0.29, 0.717) is 5.56 Å². The molecule has 0 aliphatic rings. The van der Waals surface area contributed by atoms with Crippen molar-refractivity contribution in [1.29, 1.82) is 0 Å². The van der Waals surface area contributed by atoms with Gasteiger partial charge in [0, 0.05) is 17.7 Å². The quantitative estimate of drug-likeness (QED) is 0.289. The van der Waals surface area contributed by atoms with E-state index >= 15 is 0 Å². The lowest BCUT2D eigenvalue weighted by molar-refractivity contribution is -0.384. The average molecular weight is 414 g/mol. The Morgan fingerprint density at radius 1 is 0.967 bits per heavy atom. The molecule has 2 aromatic rings. The number of nitrogens with zero attached hydrogens (tertiary/aromatic N) is 1. The Kier molecular flexibility index (Phi) is 8.04. The number of benzene rings is 2. The molecule has 9 heteroatoms. The van der Waals surface area contributed by atoms with Crippen LogP contribution in [0.2, 0.25) is 0 Å². The number of hydrogen-bond acceptors (Lipinski definition) is 7. The van der Waals surface area contributed by atoms with Gasteiger partial charge >= 0.3 is 11.9 Å². The van der Waals surface area contributed by atoms with Gasteiger partial charge in [-0.15, -0.1) is 0 Å². The molecule has 158 valence electrons. The minimum atomic E-state index is -1.54. The minimum absolute atomic E-state index is 0.00300. The number of nitrogens with one attached hydrogen (secondary N) is 1. The third-order valence-electron chi connectivity index (χ3n) is 4.18. The fraction of sp³-hybridized carbons (Fsp3) is 0.286. The van der Waals surface area contributed by atoms with Gasteiger partial charge in [-0.05, 0) is 31.5 Å². The molecule has 0 aliphatic heterocycles. The largest absolute Gasteiger partial charge is 0.465 e. The van der Waals surface area contributed by atoms with E-state index in [1.165, 1.54) is 24.3 Å². The molecule has 30 heavy (non-hydrogen) atoms. The van der Waals surface area contributed by atoms with Crippen LogP contribution in [0.3, 0.4) is 0 Å². The molecule has 2 aromatic carbocycles. The number of rotatable bonds is 9. The monoisotopic (exact) mass is 414 g/mol. The molecule has 0 spiro atoms. The lowest BCUT2D eigenvalue weighted by atomic mass is 9.92. The van der Waals surface area contributed by atoms with Crippen molar-refractivity contribution < 1.29 is 28.8 Å². The molecular weight excluding hydrogens is 392 g/mol. The highest BCUT2D eigenvalue weighted by Gasteiger charge is 2.40. The standard InChI is InChI=1S/C21H22N2O7/c1-3-29-20(25)17(21(26)30-4-2)18(15-11-8-12-16(13-15)23(27)28)22-19(24)14-9-6-5-7-10-14/h5-13,17-18H,3-4H2,1-2H3,(H,22,24). The summed E-state index contributed by atoms with van der Waals surface area (Å²) >= 11 is 0. The summed E-state index contributed by atoms with van der Waals surface area (Å²) in [6.45, 7) is 3.15. The van der Waals surface area contributed by atoms with Gasteiger partial charge in [-0.25, -0.2) is 0 Å². The summed E-state index contributed by atoms with van der Waals surface area (Å²) in [6, 6.07) is 12.3. The number of carbonyl (C=O) groups is 3. The number of amides is 1. The maximum Gasteiger partial charge on any atom is 0.322 e. The maximum atomic E-state index is 12.8. The van der Waals surface area contributed by atoms with Crippen LogP contribution in [0.15, 0.2) is 54.6 Å². The number of nitro benzene ring substituents is 1. The molecule has 0 aliphatic carbocycles. The first-order valence-corrected chi connectivity index (χ1v) is 9.32. The fourth-order valence-electron chi connectivity index (χ4n) is 2.84. The van der Waals surface area contributed by atoms with Crippen molar-refractivity contribution in [3.63, 3.8) is 0 Å². The molecule has 0 saturated heterocycles. The molecule has 1 amide bonds. The van der Waals surface area contributed by atoms with Crippen LogP contribution in [0.5, 0.6) is 0 Å². The molecule has 2 rings (SSSR count). The molecule has 0 heterocycles. The van der Waals surface area contributed by atoms with E-state index in [2.05, 4.69) is 5.32 Å². The zero-order chi connectivity index (χ0) is 22.1. The zero-order valence-electron chi connectivity index (χ0n) is 16.6. The number of nitro groups is 1. The van der Waals surface area contributed by atoms with Crippen LogP contribution in [-0.2, 0) is 19.1 Å². The summed E-state index contributed by atoms with van der Waals surface area (Å²) in [5, 5.41) is 13.8. The minimum Gasteiger partial charge on any atom is -0.465 e. The van der Waals surface area contributed by atoms with Crippen molar-refractivity contribution in [2.75, 3.05) is 13.2 Å². The highest BCUT2D eigenvalue weighted by molar-refractivity contribution is 5.99. The molecular formula is C21H22N2O7. The molecule has 9 nitrogen and oxygen atoms in total. The van der Waals surface area contributed by atoms with Gasteiger partial charge in [0.2, 0.25) is 0 Å². The Morgan fingerprint density at radius 3 is 2.10 bits per heavy atom. The Morgan fingerprint density at radius 2 is 1.57 bits per heavy atom. The van der Waals surface area contributed by atoms with E-state index in [-0.39, 0.29) is 24.5 Å². The molecule has 0 bridgehead atoms. The summed E-state index contributed by atoms with van der Waals surface area (Å²) in [4.78, 5) is 48.6. The summed E-state index contributed by atoms with van der Waals surface area (Å²) in [5.74, 6) is -3.91. The highest BCUT2D eigenvalue weighted by Crippen LogP contribution is 2.28. The first-order chi connectivity index (χ1) is 14.4. The second-order valence-corrected chi connectivity index (χ2v) is 6.15. The molecule has 0 radical (unpaired) electrons. The van der Waals surface area contributed by atoms with Crippen molar-refractivity contribution in [2.24, 2.45) is 5.92 Å². The molecule has 0 fully saturated rings. The van der Waals surface area contributed by atoms with Crippen LogP contribution in [-0.4, -0.2) is 36.0 Å². The smallest absolute Gasteiger partial charge is 0.322 e. The van der Waals surface area contributed by atoms with Crippen molar-refractivity contribution >= 4 is 23.5 Å². The lowest BCUT2D eigenvalue weighted by Gasteiger charge is -2.25. The van der Waals surface area contributed by atoms with Crippen LogP contribution >= 0.6 is 0 Å². The van der Waals surface area contributed by atoms with Crippen molar-refractivity contribution in [3.05, 3.63) is 75.8 Å². The van der Waals surface area contributed by atoms with Crippen LogP contribution in [0.1, 0.15) is 35.8 Å². The van der Waals surface area contributed by atoms with Gasteiger partial charge in [0.25, 0.3) is 11.6 Å². The second-order valence-electron chi connectivity index (χ2n) is 6.15. The summed E-state index contributed by atoms with van der Waals surface area (Å²) in [5.41, 5.74) is 0.233. The molecule has 1 N–H and O–H groups in total. The van der Waals surface area contributed by atoms with Gasteiger partial charge in [-0.2, -0.15) is 0 Å². The van der Waals surface area contributed by atoms with Crippen LogP contribution in [0, 0.1) is 16.0 Å². The fourth-order valence-corrected chi connectivity index (χ4v) is 2.84. The van der Waals surface area contributed by atoms with Gasteiger partial charge in [-0.1, -0.05) is 30.3 Å². The Balaban J connectivity index is 2.53. The lowest BCUT2D eigenvalue weighted by Crippen LogP contribution is -2.42. The van der Waals surface area contributed by atoms with E-state index in [9.17, 15) is 24.5 Å². The first-order valence-electron chi connectivity index (χ1n) is 9.32. The number of non-ortho nitro benzene ring substituents is 1. The maximum absolute atomic E-state index is 12.8. The Hall–Kier alpha value is -3.75. The van der Waals surface area contributed by atoms with Gasteiger partial charge in [0.05, 0.1) is 24.2 Å². The van der Waals surface area contributed by atoms with Crippen molar-refractivity contribution in [1.82, 2.24) is 5.32 Å². The zero-order valence-corrected chi connectivity index (χ0v) is 16.6. The number of ether oxygens (including phenoxy) is 2. The number of esters is 2. The van der Waals surface area contributed by atoms with Gasteiger partial charge < -0.3 is 14.8 Å². The Labute approximate surface area is 173 Å². The van der Waals surface area contributed by atoms with Crippen LogP contribution in [0.4, 0.5) is 5.69 Å². The average Bonchev–Trinajstić information content (AvgIpc) is 2.74. The molecule has 1 unspecified atom stereocenters. The van der Waals surface area contributed by atoms with E-state index in [1.54, 1.807) is 44.2 Å². The molecule has 1 atom stereocenters. The van der Waals surface area contributed by atoms with E-state index in [1.807, 2.05) is 0 Å². The third kappa shape index (κ3) is 5.63. The predicted octanol–water partition coefficient (Wildman–Crippen LogP) is 2.81. The van der Waals surface area contributed by atoms with Crippen molar-refractivity contribution in [3.8, 4) is 0 Å². The topological polar surface area (TPSA) is 125 Å². The van der Waals surface area contributed by atoms with Gasteiger partial charge in [-0.3, -0.25) is 24.5 Å². The predicted molar refractivity (Wildman–Crippen MR) is 107 cm³/mol. The number of hydrogen-bond donors (Lipinski definition) is 1. The molecule has 0 aromatic heterocycles. The summed E-state index contributed by atoms with van der Waals surface area (Å²) in [7, 11) is 0. The van der Waals surface area contributed by atoms with Gasteiger partial charge in [0.15, 0.2) is 5.92 Å². The SMILES string of the molecule is CCOC(=O)C(C(=O)OCC)C(NC(=O)c1ccccc1)c1cccc([N+](=O)[O-])c1. The summed E-state index contributed by atoms with van der Waals surface area (Å²) in [6.07, 6.45) is 0. The highest BCUT2D eigenvalue weighted by atomic mass is 16.6. The third-order valence-corrected chi connectivity index (χ3v) is 4.18. The van der Waals surface area contributed by atoms with Gasteiger partial charge in [0.1, 0.15) is 0 Å². The molecule has 0 saturated carbocycles. The number of carbonyl (C=O) groups excluding carboxylic acids is 3.